The van der Waals surface area contributed by atoms with Crippen molar-refractivity contribution in [2.24, 2.45) is 0 Å². The molecule has 0 radical (unpaired) electrons. The van der Waals surface area contributed by atoms with Crippen LogP contribution in [0, 0.1) is 0 Å². The first-order valence-corrected chi connectivity index (χ1v) is 1.99. The predicted molar refractivity (Wildman–Crippen MR) is 30.4 cm³/mol. The lowest BCUT2D eigenvalue weighted by atomic mass is 10.9. The summed E-state index contributed by atoms with van der Waals surface area (Å²) in [6.45, 7) is 3.18. The summed E-state index contributed by atoms with van der Waals surface area (Å²) in [4.78, 5) is 0. The molecule has 0 aromatic heterocycles. The molecule has 0 unspecified atom stereocenters. The summed E-state index contributed by atoms with van der Waals surface area (Å²) < 4.78 is 0.0602. The van der Waals surface area contributed by atoms with Crippen LogP contribution in [0.2, 0.25) is 0 Å². The lowest BCUT2D eigenvalue weighted by molar-refractivity contribution is 1.11. The molecule has 40 valence electrons. The second-order valence-corrected chi connectivity index (χ2v) is 1.51. The molecule has 0 spiro atoms. The molecule has 0 atom stereocenters. The molecule has 0 rings (SSSR count). The van der Waals surface area contributed by atoms with E-state index in [4.69, 9.17) is 23.2 Å². The quantitative estimate of drug-likeness (QED) is 0.454. The highest BCUT2D eigenvalue weighted by atomic mass is 35.5. The van der Waals surface area contributed by atoms with Gasteiger partial charge in [0.05, 0.1) is 0 Å². The molecule has 3 heteroatoms. The topological polar surface area (TPSA) is 0 Å². The minimum atomic E-state index is 0. The Morgan fingerprint density at radius 3 is 1.86 bits per heavy atom. The van der Waals surface area contributed by atoms with Crippen LogP contribution in [0.5, 0.6) is 0 Å². The highest BCUT2D eigenvalue weighted by Gasteiger charge is 1.68. The summed E-state index contributed by atoms with van der Waals surface area (Å²) in [6.07, 6.45) is 0. The van der Waals surface area contributed by atoms with Crippen LogP contribution >= 0.6 is 23.2 Å². The summed E-state index contributed by atoms with van der Waals surface area (Å²) >= 11 is 10.1. The highest BCUT2D eigenvalue weighted by molar-refractivity contribution is 6.55. The van der Waals surface area contributed by atoms with Crippen molar-refractivity contribution < 1.29 is 4.70 Å². The third-order valence-corrected chi connectivity index (χ3v) is 0.372. The molecule has 0 fully saturated rings. The molecule has 0 saturated heterocycles. The Morgan fingerprint density at radius 2 is 1.86 bits per heavy atom. The number of rotatable bonds is 0. The van der Waals surface area contributed by atoms with E-state index in [2.05, 4.69) is 18.0 Å². The third kappa shape index (κ3) is 10.7. The van der Waals surface area contributed by atoms with Gasteiger partial charge in [-0.15, -0.1) is 0 Å². The van der Waals surface area contributed by atoms with Gasteiger partial charge >= 0.3 is 0 Å². The average molecular weight is 141 g/mol. The van der Waals surface area contributed by atoms with Crippen LogP contribution in [-0.2, 0) is 0 Å². The van der Waals surface area contributed by atoms with Gasteiger partial charge in [-0.1, -0.05) is 28.9 Å². The fourth-order valence-electron chi connectivity index (χ4n) is 0.0668. The molecule has 0 aromatic rings. The molecule has 0 saturated carbocycles. The maximum atomic E-state index is 5.05. The van der Waals surface area contributed by atoms with E-state index in [0.29, 0.717) is 0 Å². The van der Waals surface area contributed by atoms with Gasteiger partial charge in [0.25, 0.3) is 0 Å². The Bertz CT molecular complexity index is 114. The van der Waals surface area contributed by atoms with Crippen molar-refractivity contribution in [2.75, 3.05) is 0 Å². The Hall–Kier alpha value is -0.190. The zero-order valence-electron chi connectivity index (χ0n) is 3.37. The molecule has 0 nitrogen and oxygen atoms in total. The monoisotopic (exact) mass is 140 g/mol. The molecule has 0 aromatic carbocycles. The van der Waals surface area contributed by atoms with Gasteiger partial charge in [-0.2, -0.15) is 0 Å². The van der Waals surface area contributed by atoms with Crippen molar-refractivity contribution >= 4 is 23.2 Å². The summed E-state index contributed by atoms with van der Waals surface area (Å²) in [6, 6.07) is 0. The average Bonchev–Trinajstić information content (AvgIpc) is 1.35. The van der Waals surface area contributed by atoms with Crippen molar-refractivity contribution in [3.8, 4) is 0 Å². The van der Waals surface area contributed by atoms with Gasteiger partial charge < -0.3 is 0 Å². The van der Waals surface area contributed by atoms with Crippen LogP contribution in [0.1, 0.15) is 0 Å². The lowest BCUT2D eigenvalue weighted by Crippen LogP contribution is -1.32. The first-order chi connectivity index (χ1) is 2.77. The molecule has 0 amide bonds. The van der Waals surface area contributed by atoms with E-state index in [0.717, 1.165) is 0 Å². The fourth-order valence-corrected chi connectivity index (χ4v) is 0.200. The zero-order valence-corrected chi connectivity index (χ0v) is 4.88. The van der Waals surface area contributed by atoms with E-state index in [1.54, 1.807) is 0 Å². The Morgan fingerprint density at radius 1 is 1.43 bits per heavy atom. The second-order valence-electron chi connectivity index (χ2n) is 0.562. The van der Waals surface area contributed by atoms with Crippen molar-refractivity contribution in [1.82, 2.24) is 0 Å². The van der Waals surface area contributed by atoms with Gasteiger partial charge in [-0.3, -0.25) is 4.70 Å². The zero-order chi connectivity index (χ0) is 4.99. The maximum Gasteiger partial charge on any atom is 0.156 e. The summed E-state index contributed by atoms with van der Waals surface area (Å²) in [5.41, 5.74) is 4.56. The second kappa shape index (κ2) is 5.81. The predicted octanol–water partition coefficient (Wildman–Crippen LogP) is 2.40. The van der Waals surface area contributed by atoms with E-state index in [1.165, 1.54) is 0 Å². The lowest BCUT2D eigenvalue weighted by Gasteiger charge is -1.59. The van der Waals surface area contributed by atoms with Crippen molar-refractivity contribution in [2.45, 2.75) is 0 Å². The smallest absolute Gasteiger partial charge is 0.156 e. The first kappa shape index (κ1) is 9.94. The van der Waals surface area contributed by atoms with Crippen molar-refractivity contribution in [1.29, 1.82) is 0 Å². The summed E-state index contributed by atoms with van der Waals surface area (Å²) in [5.74, 6) is 0. The van der Waals surface area contributed by atoms with Gasteiger partial charge in [0, 0.05) is 0 Å². The van der Waals surface area contributed by atoms with Gasteiger partial charge in [0.15, 0.2) is 4.49 Å². The van der Waals surface area contributed by atoms with E-state index < -0.39 is 0 Å². The van der Waals surface area contributed by atoms with Gasteiger partial charge in [0.1, 0.15) is 0 Å². The SMILES string of the molecule is C=C=C=C(Cl)Cl.F. The van der Waals surface area contributed by atoms with Crippen LogP contribution < -0.4 is 0 Å². The first-order valence-electron chi connectivity index (χ1n) is 1.23. The summed E-state index contributed by atoms with van der Waals surface area (Å²) in [7, 11) is 0. The van der Waals surface area contributed by atoms with Gasteiger partial charge in [-0.05, 0) is 12.3 Å². The normalized spacial score (nSPS) is 4.86. The van der Waals surface area contributed by atoms with Crippen molar-refractivity contribution in [3.05, 3.63) is 22.5 Å². The van der Waals surface area contributed by atoms with Gasteiger partial charge in [-0.25, -0.2) is 0 Å². The fraction of sp³-hybridized carbons (Fsp3) is 0. The molecule has 0 bridgehead atoms. The van der Waals surface area contributed by atoms with Crippen LogP contribution in [0.25, 0.3) is 0 Å². The molecule has 0 N–H and O–H groups in total. The molecule has 0 aliphatic rings. The van der Waals surface area contributed by atoms with E-state index in [9.17, 15) is 0 Å². The van der Waals surface area contributed by atoms with Crippen LogP contribution in [-0.4, -0.2) is 0 Å². The number of hydrogen-bond donors (Lipinski definition) is 0. The summed E-state index contributed by atoms with van der Waals surface area (Å²) in [5, 5.41) is 0. The Balaban J connectivity index is 0. The van der Waals surface area contributed by atoms with Gasteiger partial charge in [0.2, 0.25) is 0 Å². The molecular formula is C4H3Cl2F. The molecule has 0 aliphatic heterocycles. The molecular weight excluding hydrogens is 138 g/mol. The number of halogens is 3. The van der Waals surface area contributed by atoms with Crippen molar-refractivity contribution in [3.63, 3.8) is 0 Å². The molecule has 0 aliphatic carbocycles. The number of hydrogen-bond acceptors (Lipinski definition) is 0. The molecule has 0 heterocycles. The third-order valence-electron chi connectivity index (χ3n) is 0.183. The molecule has 7 heavy (non-hydrogen) atoms. The Kier molecular flexibility index (Phi) is 8.25. The maximum absolute atomic E-state index is 5.05. The van der Waals surface area contributed by atoms with E-state index in [1.807, 2.05) is 0 Å². The van der Waals surface area contributed by atoms with E-state index in [-0.39, 0.29) is 9.20 Å². The van der Waals surface area contributed by atoms with Crippen LogP contribution in [0.15, 0.2) is 22.5 Å². The highest BCUT2D eigenvalue weighted by Crippen LogP contribution is 2.01. The Labute approximate surface area is 51.1 Å². The standard InChI is InChI=1S/C4H2Cl2.FH/c1-2-3-4(5)6;/h1H2;1H. The van der Waals surface area contributed by atoms with E-state index >= 15 is 0 Å². The largest absolute Gasteiger partial charge is 0.269 e. The van der Waals surface area contributed by atoms with Crippen LogP contribution in [0.3, 0.4) is 0 Å². The van der Waals surface area contributed by atoms with Crippen LogP contribution in [0.4, 0.5) is 4.70 Å². The minimum absolute atomic E-state index is 0. The minimum Gasteiger partial charge on any atom is -0.269 e.